The SMILES string of the molecule is CN(Cc1ccco1)C(=O)COC(=O)CSc1nc2ccccc2o1. The molecule has 0 unspecified atom stereocenters. The van der Waals surface area contributed by atoms with Crippen LogP contribution in [0.2, 0.25) is 0 Å². The van der Waals surface area contributed by atoms with Gasteiger partial charge in [-0.25, -0.2) is 4.98 Å². The Labute approximate surface area is 147 Å². The lowest BCUT2D eigenvalue weighted by Crippen LogP contribution is -2.30. The smallest absolute Gasteiger partial charge is 0.316 e. The van der Waals surface area contributed by atoms with Gasteiger partial charge in [-0.3, -0.25) is 9.59 Å². The number of hydrogen-bond donors (Lipinski definition) is 0. The van der Waals surface area contributed by atoms with E-state index in [1.807, 2.05) is 18.2 Å². The molecule has 0 atom stereocenters. The number of thioether (sulfide) groups is 1. The van der Waals surface area contributed by atoms with Crippen molar-refractivity contribution in [1.29, 1.82) is 0 Å². The maximum Gasteiger partial charge on any atom is 0.316 e. The summed E-state index contributed by atoms with van der Waals surface area (Å²) in [5, 5.41) is 0.388. The molecule has 0 aliphatic heterocycles. The zero-order valence-electron chi connectivity index (χ0n) is 13.5. The number of furan rings is 1. The highest BCUT2D eigenvalue weighted by atomic mass is 32.2. The van der Waals surface area contributed by atoms with E-state index < -0.39 is 5.97 Å². The van der Waals surface area contributed by atoms with Crippen molar-refractivity contribution in [3.63, 3.8) is 0 Å². The van der Waals surface area contributed by atoms with Gasteiger partial charge < -0.3 is 18.5 Å². The summed E-state index contributed by atoms with van der Waals surface area (Å²) in [6.07, 6.45) is 1.54. The lowest BCUT2D eigenvalue weighted by Gasteiger charge is -2.15. The van der Waals surface area contributed by atoms with Gasteiger partial charge in [0.15, 0.2) is 12.2 Å². The second-order valence-electron chi connectivity index (χ2n) is 5.23. The fourth-order valence-corrected chi connectivity index (χ4v) is 2.69. The first-order valence-corrected chi connectivity index (χ1v) is 8.51. The van der Waals surface area contributed by atoms with Gasteiger partial charge in [0.1, 0.15) is 17.0 Å². The number of carbonyl (C=O) groups is 2. The third kappa shape index (κ3) is 4.63. The summed E-state index contributed by atoms with van der Waals surface area (Å²) >= 11 is 1.13. The number of esters is 1. The number of fused-ring (bicyclic) bond motifs is 1. The number of hydrogen-bond acceptors (Lipinski definition) is 7. The van der Waals surface area contributed by atoms with Gasteiger partial charge in [-0.1, -0.05) is 23.9 Å². The minimum absolute atomic E-state index is 0.0159. The summed E-state index contributed by atoms with van der Waals surface area (Å²) in [4.78, 5) is 29.4. The molecule has 0 bridgehead atoms. The zero-order valence-corrected chi connectivity index (χ0v) is 14.3. The van der Waals surface area contributed by atoms with E-state index in [2.05, 4.69) is 4.98 Å². The van der Waals surface area contributed by atoms with Gasteiger partial charge in [0.25, 0.3) is 11.1 Å². The number of aromatic nitrogens is 1. The third-order valence-corrected chi connectivity index (χ3v) is 4.14. The number of nitrogens with zero attached hydrogens (tertiary/aromatic N) is 2. The summed E-state index contributed by atoms with van der Waals surface area (Å²) in [6.45, 7) is 0.00516. The minimum Gasteiger partial charge on any atom is -0.467 e. The predicted molar refractivity (Wildman–Crippen MR) is 90.9 cm³/mol. The van der Waals surface area contributed by atoms with Crippen LogP contribution in [0.3, 0.4) is 0 Å². The topological polar surface area (TPSA) is 85.8 Å². The molecular formula is C17H16N2O5S. The standard InChI is InChI=1S/C17H16N2O5S/c1-19(9-12-5-4-8-22-12)15(20)10-23-16(21)11-25-17-18-13-6-2-3-7-14(13)24-17/h2-8H,9-11H2,1H3. The molecule has 130 valence electrons. The molecule has 0 N–H and O–H groups in total. The highest BCUT2D eigenvalue weighted by molar-refractivity contribution is 7.99. The van der Waals surface area contributed by atoms with Crippen molar-refractivity contribution in [3.05, 3.63) is 48.4 Å². The van der Waals surface area contributed by atoms with Gasteiger partial charge in [-0.15, -0.1) is 0 Å². The number of ether oxygens (including phenoxy) is 1. The van der Waals surface area contributed by atoms with Crippen LogP contribution in [0.5, 0.6) is 0 Å². The Balaban J connectivity index is 1.42. The summed E-state index contributed by atoms with van der Waals surface area (Å²) in [5.74, 6) is -0.139. The molecule has 1 aromatic carbocycles. The van der Waals surface area contributed by atoms with Crippen LogP contribution in [0.4, 0.5) is 0 Å². The first-order valence-electron chi connectivity index (χ1n) is 7.52. The molecule has 2 aromatic heterocycles. The molecule has 2 heterocycles. The third-order valence-electron chi connectivity index (χ3n) is 3.34. The second kappa shape index (κ2) is 7.89. The van der Waals surface area contributed by atoms with Crippen LogP contribution < -0.4 is 0 Å². The van der Waals surface area contributed by atoms with Crippen molar-refractivity contribution in [2.45, 2.75) is 11.8 Å². The van der Waals surface area contributed by atoms with E-state index >= 15 is 0 Å². The Kier molecular flexibility index (Phi) is 5.39. The number of rotatable bonds is 7. The predicted octanol–water partition coefficient (Wildman–Crippen LogP) is 2.71. The van der Waals surface area contributed by atoms with E-state index in [1.54, 1.807) is 25.2 Å². The maximum atomic E-state index is 11.9. The lowest BCUT2D eigenvalue weighted by atomic mass is 10.3. The van der Waals surface area contributed by atoms with Crippen molar-refractivity contribution in [2.24, 2.45) is 0 Å². The average molecular weight is 360 g/mol. The highest BCUT2D eigenvalue weighted by Crippen LogP contribution is 2.23. The maximum absolute atomic E-state index is 11.9. The van der Waals surface area contributed by atoms with Gasteiger partial charge in [0, 0.05) is 7.05 Å². The Morgan fingerprint density at radius 2 is 2.08 bits per heavy atom. The molecule has 0 radical (unpaired) electrons. The monoisotopic (exact) mass is 360 g/mol. The first-order chi connectivity index (χ1) is 12.1. The van der Waals surface area contributed by atoms with Crippen molar-refractivity contribution >= 4 is 34.7 Å². The average Bonchev–Trinajstić information content (AvgIpc) is 3.26. The van der Waals surface area contributed by atoms with Crippen molar-refractivity contribution in [3.8, 4) is 0 Å². The molecule has 3 aromatic rings. The van der Waals surface area contributed by atoms with Crippen LogP contribution >= 0.6 is 11.8 Å². The molecule has 0 fully saturated rings. The molecule has 8 heteroatoms. The number of oxazole rings is 1. The van der Waals surface area contributed by atoms with Crippen molar-refractivity contribution in [2.75, 3.05) is 19.4 Å². The number of likely N-dealkylation sites (N-methyl/N-ethyl adjacent to an activating group) is 1. The van der Waals surface area contributed by atoms with Crippen LogP contribution in [0.1, 0.15) is 5.76 Å². The van der Waals surface area contributed by atoms with Gasteiger partial charge in [-0.05, 0) is 24.3 Å². The van der Waals surface area contributed by atoms with Crippen LogP contribution in [-0.2, 0) is 20.9 Å². The van der Waals surface area contributed by atoms with Crippen LogP contribution in [0.15, 0.2) is 56.7 Å². The summed E-state index contributed by atoms with van der Waals surface area (Å²) in [6, 6.07) is 10.9. The number of benzene rings is 1. The molecule has 0 saturated heterocycles. The zero-order chi connectivity index (χ0) is 17.6. The largest absolute Gasteiger partial charge is 0.467 e. The Hall–Kier alpha value is -2.74. The van der Waals surface area contributed by atoms with Crippen LogP contribution in [-0.4, -0.2) is 41.2 Å². The summed E-state index contributed by atoms with van der Waals surface area (Å²) < 4.78 is 15.7. The molecular weight excluding hydrogens is 344 g/mol. The molecule has 0 aliphatic carbocycles. The summed E-state index contributed by atoms with van der Waals surface area (Å²) in [5.41, 5.74) is 1.39. The number of carbonyl (C=O) groups excluding carboxylic acids is 2. The second-order valence-corrected chi connectivity index (χ2v) is 6.15. The van der Waals surface area contributed by atoms with Crippen LogP contribution in [0, 0.1) is 0 Å². The highest BCUT2D eigenvalue weighted by Gasteiger charge is 2.15. The van der Waals surface area contributed by atoms with Gasteiger partial charge in [-0.2, -0.15) is 0 Å². The fraction of sp³-hybridized carbons (Fsp3) is 0.235. The molecule has 25 heavy (non-hydrogen) atoms. The fourth-order valence-electron chi connectivity index (χ4n) is 2.05. The normalized spacial score (nSPS) is 10.8. The van der Waals surface area contributed by atoms with E-state index in [0.717, 1.165) is 17.3 Å². The molecule has 0 aliphatic rings. The molecule has 0 saturated carbocycles. The van der Waals surface area contributed by atoms with E-state index in [0.29, 0.717) is 23.1 Å². The minimum atomic E-state index is -0.507. The first kappa shape index (κ1) is 17.1. The van der Waals surface area contributed by atoms with E-state index in [1.165, 1.54) is 11.2 Å². The summed E-state index contributed by atoms with van der Waals surface area (Å²) in [7, 11) is 1.62. The van der Waals surface area contributed by atoms with E-state index in [4.69, 9.17) is 13.6 Å². The number of amides is 1. The van der Waals surface area contributed by atoms with E-state index in [9.17, 15) is 9.59 Å². The van der Waals surface area contributed by atoms with Gasteiger partial charge in [0.2, 0.25) is 0 Å². The Bertz CT molecular complexity index is 826. The number of para-hydroxylation sites is 2. The lowest BCUT2D eigenvalue weighted by molar-refractivity contribution is -0.149. The van der Waals surface area contributed by atoms with Gasteiger partial charge >= 0.3 is 5.97 Å². The Morgan fingerprint density at radius 3 is 2.84 bits per heavy atom. The van der Waals surface area contributed by atoms with Crippen molar-refractivity contribution < 1.29 is 23.2 Å². The van der Waals surface area contributed by atoms with Gasteiger partial charge in [0.05, 0.1) is 12.8 Å². The molecule has 7 nitrogen and oxygen atoms in total. The molecule has 1 amide bonds. The molecule has 3 rings (SSSR count). The Morgan fingerprint density at radius 1 is 1.24 bits per heavy atom. The van der Waals surface area contributed by atoms with Crippen molar-refractivity contribution in [1.82, 2.24) is 9.88 Å². The quantitative estimate of drug-likeness (QED) is 0.473. The molecule has 0 spiro atoms. The van der Waals surface area contributed by atoms with Crippen LogP contribution in [0.25, 0.3) is 11.1 Å². The van der Waals surface area contributed by atoms with E-state index in [-0.39, 0.29) is 18.3 Å².